The van der Waals surface area contributed by atoms with Gasteiger partial charge in [-0.15, -0.1) is 0 Å². The molecule has 0 bridgehead atoms. The van der Waals surface area contributed by atoms with Crippen LogP contribution in [0, 0.1) is 0 Å². The van der Waals surface area contributed by atoms with E-state index in [2.05, 4.69) is 17.4 Å². The van der Waals surface area contributed by atoms with Gasteiger partial charge in [0.05, 0.1) is 6.04 Å². The van der Waals surface area contributed by atoms with Gasteiger partial charge in [-0.2, -0.15) is 0 Å². The molecule has 1 aromatic rings. The molecule has 2 rings (SSSR count). The summed E-state index contributed by atoms with van der Waals surface area (Å²) in [5.74, 6) is -1.05. The first-order valence-electron chi connectivity index (χ1n) is 6.94. The van der Waals surface area contributed by atoms with Crippen molar-refractivity contribution in [2.24, 2.45) is 0 Å². The Morgan fingerprint density at radius 1 is 1.35 bits per heavy atom. The van der Waals surface area contributed by atoms with E-state index in [0.717, 1.165) is 25.8 Å². The first-order chi connectivity index (χ1) is 9.66. The number of rotatable bonds is 6. The van der Waals surface area contributed by atoms with Crippen molar-refractivity contribution >= 4 is 11.9 Å². The van der Waals surface area contributed by atoms with Gasteiger partial charge in [-0.1, -0.05) is 30.3 Å². The lowest BCUT2D eigenvalue weighted by Gasteiger charge is -2.31. The molecule has 1 heterocycles. The second-order valence-corrected chi connectivity index (χ2v) is 5.04. The van der Waals surface area contributed by atoms with Crippen molar-refractivity contribution in [2.45, 2.75) is 25.3 Å². The van der Waals surface area contributed by atoms with Crippen LogP contribution in [0.15, 0.2) is 30.3 Å². The van der Waals surface area contributed by atoms with Crippen molar-refractivity contribution in [1.82, 2.24) is 10.2 Å². The fraction of sp³-hybridized carbons (Fsp3) is 0.467. The number of nitrogens with zero attached hydrogens (tertiary/aromatic N) is 1. The highest BCUT2D eigenvalue weighted by atomic mass is 16.4. The molecule has 0 aromatic heterocycles. The average Bonchev–Trinajstić information content (AvgIpc) is 2.43. The smallest absolute Gasteiger partial charge is 0.323 e. The minimum Gasteiger partial charge on any atom is -0.480 e. The minimum atomic E-state index is -0.955. The Bertz CT molecular complexity index is 461. The lowest BCUT2D eigenvalue weighted by atomic mass is 10.0. The molecule has 0 aliphatic carbocycles. The number of nitrogens with one attached hydrogen (secondary N) is 1. The van der Waals surface area contributed by atoms with Crippen LogP contribution in [-0.4, -0.2) is 47.6 Å². The van der Waals surface area contributed by atoms with Crippen LogP contribution < -0.4 is 5.32 Å². The normalized spacial score (nSPS) is 19.1. The van der Waals surface area contributed by atoms with Gasteiger partial charge >= 0.3 is 5.97 Å². The minimum absolute atomic E-state index is 0.0910. The first-order valence-corrected chi connectivity index (χ1v) is 6.94. The summed E-state index contributed by atoms with van der Waals surface area (Å²) in [6, 6.07) is 9.84. The molecular formula is C15H20N2O3. The topological polar surface area (TPSA) is 69.6 Å². The van der Waals surface area contributed by atoms with Crippen LogP contribution in [0.4, 0.5) is 0 Å². The zero-order chi connectivity index (χ0) is 14.4. The SMILES string of the molecule is O=C(O)CN1CCC[C@H](NCCc2ccccc2)C1=O. The molecule has 0 radical (unpaired) electrons. The van der Waals surface area contributed by atoms with Crippen molar-refractivity contribution in [2.75, 3.05) is 19.6 Å². The van der Waals surface area contributed by atoms with Gasteiger partial charge in [0.1, 0.15) is 6.54 Å². The Kier molecular flexibility index (Phi) is 5.12. The zero-order valence-corrected chi connectivity index (χ0v) is 11.4. The number of carbonyl (C=O) groups is 2. The Hall–Kier alpha value is -1.88. The van der Waals surface area contributed by atoms with Crippen LogP contribution in [0.1, 0.15) is 18.4 Å². The van der Waals surface area contributed by atoms with Gasteiger partial charge in [-0.3, -0.25) is 9.59 Å². The highest BCUT2D eigenvalue weighted by molar-refractivity contribution is 5.86. The number of amides is 1. The van der Waals surface area contributed by atoms with Crippen molar-refractivity contribution in [3.05, 3.63) is 35.9 Å². The number of benzene rings is 1. The van der Waals surface area contributed by atoms with Crippen LogP contribution in [0.25, 0.3) is 0 Å². The molecule has 1 aliphatic heterocycles. The number of aliphatic carboxylic acids is 1. The molecule has 1 atom stereocenters. The number of likely N-dealkylation sites (tertiary alicyclic amines) is 1. The molecule has 1 aliphatic rings. The molecule has 1 fully saturated rings. The van der Waals surface area contributed by atoms with E-state index in [1.54, 1.807) is 0 Å². The summed E-state index contributed by atoms with van der Waals surface area (Å²) in [5.41, 5.74) is 1.23. The Morgan fingerprint density at radius 3 is 2.80 bits per heavy atom. The quantitative estimate of drug-likeness (QED) is 0.810. The molecule has 1 amide bonds. The third-order valence-corrected chi connectivity index (χ3v) is 3.50. The molecule has 5 heteroatoms. The molecule has 20 heavy (non-hydrogen) atoms. The summed E-state index contributed by atoms with van der Waals surface area (Å²) < 4.78 is 0. The standard InChI is InChI=1S/C15H20N2O3/c18-14(19)11-17-10-4-7-13(15(17)20)16-9-8-12-5-2-1-3-6-12/h1-3,5-6,13,16H,4,7-11H2,(H,18,19)/t13-/m0/s1. The molecule has 1 aromatic carbocycles. The monoisotopic (exact) mass is 276 g/mol. The number of carboxylic acids is 1. The van der Waals surface area contributed by atoms with Crippen molar-refractivity contribution in [3.8, 4) is 0 Å². The third-order valence-electron chi connectivity index (χ3n) is 3.50. The van der Waals surface area contributed by atoms with Crippen molar-refractivity contribution < 1.29 is 14.7 Å². The summed E-state index contributed by atoms with van der Waals surface area (Å²) in [6.45, 7) is 1.07. The summed E-state index contributed by atoms with van der Waals surface area (Å²) in [7, 11) is 0. The number of piperidine rings is 1. The van der Waals surface area contributed by atoms with Crippen molar-refractivity contribution in [3.63, 3.8) is 0 Å². The number of carbonyl (C=O) groups excluding carboxylic acids is 1. The van der Waals surface area contributed by atoms with Gasteiger partial charge in [0, 0.05) is 6.54 Å². The predicted octanol–water partition coefficient (Wildman–Crippen LogP) is 0.894. The second kappa shape index (κ2) is 7.05. The molecule has 0 spiro atoms. The summed E-state index contributed by atoms with van der Waals surface area (Å²) in [4.78, 5) is 24.2. The molecule has 2 N–H and O–H groups in total. The maximum atomic E-state index is 12.1. The lowest BCUT2D eigenvalue weighted by Crippen LogP contribution is -2.52. The van der Waals surface area contributed by atoms with E-state index < -0.39 is 5.97 Å². The summed E-state index contributed by atoms with van der Waals surface area (Å²) in [6.07, 6.45) is 2.50. The van der Waals surface area contributed by atoms with Crippen LogP contribution in [-0.2, 0) is 16.0 Å². The van der Waals surface area contributed by atoms with Crippen LogP contribution in [0.5, 0.6) is 0 Å². The Balaban J connectivity index is 1.80. The highest BCUT2D eigenvalue weighted by Crippen LogP contribution is 2.11. The van der Waals surface area contributed by atoms with E-state index >= 15 is 0 Å². The van der Waals surface area contributed by atoms with E-state index in [0.29, 0.717) is 6.54 Å². The van der Waals surface area contributed by atoms with Crippen molar-refractivity contribution in [1.29, 1.82) is 0 Å². The van der Waals surface area contributed by atoms with E-state index in [1.165, 1.54) is 10.5 Å². The molecule has 5 nitrogen and oxygen atoms in total. The van der Waals surface area contributed by atoms with Crippen LogP contribution in [0.3, 0.4) is 0 Å². The zero-order valence-electron chi connectivity index (χ0n) is 11.4. The molecular weight excluding hydrogens is 256 g/mol. The van der Waals surface area contributed by atoms with E-state index in [1.807, 2.05) is 18.2 Å². The highest BCUT2D eigenvalue weighted by Gasteiger charge is 2.29. The summed E-state index contributed by atoms with van der Waals surface area (Å²) in [5, 5.41) is 12.0. The first kappa shape index (κ1) is 14.5. The number of hydrogen-bond donors (Lipinski definition) is 2. The van der Waals surface area contributed by atoms with Gasteiger partial charge < -0.3 is 15.3 Å². The molecule has 0 saturated carbocycles. The van der Waals surface area contributed by atoms with Gasteiger partial charge in [-0.05, 0) is 31.4 Å². The maximum absolute atomic E-state index is 12.1. The van der Waals surface area contributed by atoms with E-state index in [9.17, 15) is 9.59 Å². The largest absolute Gasteiger partial charge is 0.480 e. The molecule has 108 valence electrons. The molecule has 1 saturated heterocycles. The average molecular weight is 276 g/mol. The number of carboxylic acid groups (broad SMARTS) is 1. The maximum Gasteiger partial charge on any atom is 0.323 e. The summed E-state index contributed by atoms with van der Waals surface area (Å²) >= 11 is 0. The number of hydrogen-bond acceptors (Lipinski definition) is 3. The van der Waals surface area contributed by atoms with Crippen LogP contribution in [0.2, 0.25) is 0 Å². The second-order valence-electron chi connectivity index (χ2n) is 5.04. The van der Waals surface area contributed by atoms with Gasteiger partial charge in [0.25, 0.3) is 0 Å². The lowest BCUT2D eigenvalue weighted by molar-refractivity contribution is -0.146. The van der Waals surface area contributed by atoms with Gasteiger partial charge in [0.15, 0.2) is 0 Å². The van der Waals surface area contributed by atoms with Gasteiger partial charge in [-0.25, -0.2) is 0 Å². The predicted molar refractivity (Wildman–Crippen MR) is 75.4 cm³/mol. The Labute approximate surface area is 118 Å². The van der Waals surface area contributed by atoms with E-state index in [-0.39, 0.29) is 18.5 Å². The fourth-order valence-electron chi connectivity index (χ4n) is 2.49. The third kappa shape index (κ3) is 4.06. The fourth-order valence-corrected chi connectivity index (χ4v) is 2.49. The van der Waals surface area contributed by atoms with E-state index in [4.69, 9.17) is 5.11 Å². The van der Waals surface area contributed by atoms with Crippen LogP contribution >= 0.6 is 0 Å². The molecule has 0 unspecified atom stereocenters. The Morgan fingerprint density at radius 2 is 2.10 bits per heavy atom. The van der Waals surface area contributed by atoms with Gasteiger partial charge in [0.2, 0.25) is 5.91 Å².